The van der Waals surface area contributed by atoms with Crippen LogP contribution < -0.4 is 0 Å². The predicted molar refractivity (Wildman–Crippen MR) is 60.7 cm³/mol. The van der Waals surface area contributed by atoms with Crippen molar-refractivity contribution in [2.24, 2.45) is 0 Å². The zero-order chi connectivity index (χ0) is 14.1. The number of aromatic nitrogens is 2. The molecule has 0 radical (unpaired) electrons. The minimum Gasteiger partial charge on any atom is -0.481 e. The van der Waals surface area contributed by atoms with Crippen LogP contribution in [0.3, 0.4) is 0 Å². The van der Waals surface area contributed by atoms with Crippen LogP contribution in [0.5, 0.6) is 0 Å². The number of alkyl halides is 3. The van der Waals surface area contributed by atoms with Gasteiger partial charge in [0.2, 0.25) is 0 Å². The van der Waals surface area contributed by atoms with Crippen LogP contribution in [-0.2, 0) is 11.0 Å². The Bertz CT molecular complexity index is 455. The molecule has 1 N–H and O–H groups in total. The number of thioether (sulfide) groups is 1. The van der Waals surface area contributed by atoms with Crippen molar-refractivity contribution in [1.29, 1.82) is 0 Å². The van der Waals surface area contributed by atoms with Crippen molar-refractivity contribution >= 4 is 17.7 Å². The highest BCUT2D eigenvalue weighted by atomic mass is 32.2. The van der Waals surface area contributed by atoms with E-state index in [0.29, 0.717) is 0 Å². The van der Waals surface area contributed by atoms with Crippen molar-refractivity contribution in [2.45, 2.75) is 38.0 Å². The Balaban J connectivity index is 3.21. The number of hydrogen-bond donors (Lipinski definition) is 1. The Labute approximate surface area is 106 Å². The highest BCUT2D eigenvalue weighted by Crippen LogP contribution is 2.36. The van der Waals surface area contributed by atoms with Crippen LogP contribution in [0, 0.1) is 6.92 Å². The van der Waals surface area contributed by atoms with Gasteiger partial charge in [-0.1, -0.05) is 11.8 Å². The summed E-state index contributed by atoms with van der Waals surface area (Å²) in [6.07, 6.45) is -4.53. The molecule has 8 heteroatoms. The van der Waals surface area contributed by atoms with E-state index < -0.39 is 17.8 Å². The smallest absolute Gasteiger partial charge is 0.435 e. The normalized spacial score (nSPS) is 12.2. The van der Waals surface area contributed by atoms with E-state index in [1.165, 1.54) is 11.6 Å². The first kappa shape index (κ1) is 14.9. The fraction of sp³-hybridized carbons (Fsp3) is 0.600. The summed E-state index contributed by atoms with van der Waals surface area (Å²) in [6, 6.07) is -0.268. The third-order valence-corrected chi connectivity index (χ3v) is 3.34. The molecule has 0 fully saturated rings. The maximum Gasteiger partial charge on any atom is 0.435 e. The van der Waals surface area contributed by atoms with Crippen LogP contribution in [0.15, 0.2) is 5.03 Å². The molecule has 0 saturated heterocycles. The fourth-order valence-corrected chi connectivity index (χ4v) is 2.38. The summed E-state index contributed by atoms with van der Waals surface area (Å²) in [5.74, 6) is -1.37. The van der Waals surface area contributed by atoms with Crippen LogP contribution in [-0.4, -0.2) is 26.6 Å². The van der Waals surface area contributed by atoms with E-state index in [1.54, 1.807) is 13.8 Å². The molecule has 1 aromatic heterocycles. The molecular formula is C10H13F3N2O2S. The average Bonchev–Trinajstić information content (AvgIpc) is 2.52. The van der Waals surface area contributed by atoms with Crippen LogP contribution in [0.2, 0.25) is 0 Å². The van der Waals surface area contributed by atoms with Gasteiger partial charge in [0.15, 0.2) is 5.69 Å². The molecule has 0 spiro atoms. The van der Waals surface area contributed by atoms with Gasteiger partial charge < -0.3 is 5.11 Å². The molecule has 1 aromatic rings. The van der Waals surface area contributed by atoms with Gasteiger partial charge in [-0.2, -0.15) is 18.3 Å². The van der Waals surface area contributed by atoms with Crippen molar-refractivity contribution in [2.75, 3.05) is 5.75 Å². The topological polar surface area (TPSA) is 55.1 Å². The number of aliphatic carboxylic acids is 1. The summed E-state index contributed by atoms with van der Waals surface area (Å²) in [5, 5.41) is 12.4. The first-order valence-corrected chi connectivity index (χ1v) is 6.14. The third-order valence-electron chi connectivity index (χ3n) is 2.18. The van der Waals surface area contributed by atoms with Gasteiger partial charge in [0, 0.05) is 11.6 Å². The molecule has 18 heavy (non-hydrogen) atoms. The second kappa shape index (κ2) is 5.21. The number of carboxylic acid groups (broad SMARTS) is 1. The first-order chi connectivity index (χ1) is 8.14. The molecular weight excluding hydrogens is 269 g/mol. The summed E-state index contributed by atoms with van der Waals surface area (Å²) in [6.45, 7) is 4.69. The number of hydrogen-bond acceptors (Lipinski definition) is 3. The largest absolute Gasteiger partial charge is 0.481 e. The van der Waals surface area contributed by atoms with Gasteiger partial charge in [-0.3, -0.25) is 9.48 Å². The molecule has 0 aliphatic carbocycles. The summed E-state index contributed by atoms with van der Waals surface area (Å²) in [5.41, 5.74) is -0.980. The van der Waals surface area contributed by atoms with E-state index in [9.17, 15) is 18.0 Å². The molecule has 1 rings (SSSR count). The number of carboxylic acids is 1. The lowest BCUT2D eigenvalue weighted by atomic mass is 10.3. The standard InChI is InChI=1S/C10H13F3N2O2S/c1-5(2)15-9(18-4-7(16)17)6(3)8(14-15)10(11,12)13/h5H,4H2,1-3H3,(H,16,17). The Morgan fingerprint density at radius 2 is 2.06 bits per heavy atom. The Morgan fingerprint density at radius 3 is 2.44 bits per heavy atom. The third kappa shape index (κ3) is 3.18. The molecule has 0 aliphatic rings. The minimum absolute atomic E-state index is 0.0255. The van der Waals surface area contributed by atoms with E-state index in [4.69, 9.17) is 5.11 Å². The summed E-state index contributed by atoms with van der Waals surface area (Å²) < 4.78 is 39.3. The van der Waals surface area contributed by atoms with Gasteiger partial charge in [0.05, 0.1) is 10.8 Å². The molecule has 0 atom stereocenters. The molecule has 0 aliphatic heterocycles. The first-order valence-electron chi connectivity index (χ1n) is 5.15. The van der Waals surface area contributed by atoms with Gasteiger partial charge in [-0.05, 0) is 20.8 Å². The maximum atomic E-state index is 12.7. The molecule has 102 valence electrons. The van der Waals surface area contributed by atoms with E-state index >= 15 is 0 Å². The molecule has 0 bridgehead atoms. The summed E-state index contributed by atoms with van der Waals surface area (Å²) >= 11 is 0.848. The highest BCUT2D eigenvalue weighted by Gasteiger charge is 2.38. The SMILES string of the molecule is Cc1c(C(F)(F)F)nn(C(C)C)c1SCC(=O)O. The molecule has 0 aromatic carbocycles. The van der Waals surface area contributed by atoms with Crippen molar-refractivity contribution in [3.8, 4) is 0 Å². The van der Waals surface area contributed by atoms with E-state index in [-0.39, 0.29) is 22.4 Å². The lowest BCUT2D eigenvalue weighted by Crippen LogP contribution is -2.10. The second-order valence-electron chi connectivity index (χ2n) is 4.00. The van der Waals surface area contributed by atoms with Crippen LogP contribution in [0.25, 0.3) is 0 Å². The molecule has 0 saturated carbocycles. The summed E-state index contributed by atoms with van der Waals surface area (Å²) in [7, 11) is 0. The Hall–Kier alpha value is -1.18. The maximum absolute atomic E-state index is 12.7. The van der Waals surface area contributed by atoms with Gasteiger partial charge in [0.25, 0.3) is 0 Å². The van der Waals surface area contributed by atoms with Crippen LogP contribution in [0.1, 0.15) is 31.1 Å². The van der Waals surface area contributed by atoms with Crippen molar-refractivity contribution in [3.05, 3.63) is 11.3 Å². The lowest BCUT2D eigenvalue weighted by molar-refractivity contribution is -0.142. The minimum atomic E-state index is -4.53. The van der Waals surface area contributed by atoms with Gasteiger partial charge >= 0.3 is 12.1 Å². The lowest BCUT2D eigenvalue weighted by Gasteiger charge is -2.10. The Kier molecular flexibility index (Phi) is 4.31. The van der Waals surface area contributed by atoms with E-state index in [2.05, 4.69) is 5.10 Å². The van der Waals surface area contributed by atoms with Crippen molar-refractivity contribution in [1.82, 2.24) is 9.78 Å². The summed E-state index contributed by atoms with van der Waals surface area (Å²) in [4.78, 5) is 10.5. The van der Waals surface area contributed by atoms with Crippen molar-refractivity contribution < 1.29 is 23.1 Å². The fourth-order valence-electron chi connectivity index (χ4n) is 1.43. The predicted octanol–water partition coefficient (Wildman–Crippen LogP) is 2.97. The zero-order valence-electron chi connectivity index (χ0n) is 10.1. The highest BCUT2D eigenvalue weighted by molar-refractivity contribution is 7.99. The van der Waals surface area contributed by atoms with E-state index in [1.807, 2.05) is 0 Å². The quantitative estimate of drug-likeness (QED) is 0.863. The van der Waals surface area contributed by atoms with Gasteiger partial charge in [0.1, 0.15) is 0 Å². The van der Waals surface area contributed by atoms with Crippen LogP contribution >= 0.6 is 11.8 Å². The number of rotatable bonds is 4. The molecule has 0 amide bonds. The van der Waals surface area contributed by atoms with Crippen LogP contribution in [0.4, 0.5) is 13.2 Å². The zero-order valence-corrected chi connectivity index (χ0v) is 10.9. The molecule has 0 unspecified atom stereocenters. The van der Waals surface area contributed by atoms with Gasteiger partial charge in [-0.25, -0.2) is 0 Å². The average molecular weight is 282 g/mol. The van der Waals surface area contributed by atoms with Gasteiger partial charge in [-0.15, -0.1) is 0 Å². The number of carbonyl (C=O) groups is 1. The van der Waals surface area contributed by atoms with Crippen molar-refractivity contribution in [3.63, 3.8) is 0 Å². The Morgan fingerprint density at radius 1 is 1.50 bits per heavy atom. The monoisotopic (exact) mass is 282 g/mol. The molecule has 1 heterocycles. The number of halogens is 3. The molecule has 4 nitrogen and oxygen atoms in total. The number of nitrogens with zero attached hydrogens (tertiary/aromatic N) is 2. The van der Waals surface area contributed by atoms with E-state index in [0.717, 1.165) is 11.8 Å². The second-order valence-corrected chi connectivity index (χ2v) is 4.96.